The van der Waals surface area contributed by atoms with Crippen molar-refractivity contribution in [2.75, 3.05) is 0 Å². The molecule has 0 N–H and O–H groups in total. The molecule has 0 fully saturated rings. The van der Waals surface area contributed by atoms with Crippen molar-refractivity contribution in [2.24, 2.45) is 0 Å². The molecule has 0 aliphatic heterocycles. The molecule has 4 nitrogen and oxygen atoms in total. The smallest absolute Gasteiger partial charge is 0.269 e. The van der Waals surface area contributed by atoms with Gasteiger partial charge < -0.3 is 4.57 Å². The average molecular weight is 302 g/mol. The molecule has 1 aromatic heterocycles. The fourth-order valence-corrected chi connectivity index (χ4v) is 2.79. The van der Waals surface area contributed by atoms with Gasteiger partial charge >= 0.3 is 0 Å². The number of carbonyl (C=O) groups excluding carboxylic acids is 1. The van der Waals surface area contributed by atoms with Crippen LogP contribution in [0.15, 0.2) is 59.4 Å². The minimum atomic E-state index is -0.423. The maximum absolute atomic E-state index is 12.9. The average Bonchev–Trinajstić information content (AvgIpc) is 2.61. The molecule has 1 heterocycles. The first kappa shape index (κ1) is 14.7. The molecule has 0 aliphatic carbocycles. The molecule has 112 valence electrons. The summed E-state index contributed by atoms with van der Waals surface area (Å²) in [7, 11) is 0. The van der Waals surface area contributed by atoms with Crippen LogP contribution in [-0.4, -0.2) is 10.4 Å². The van der Waals surface area contributed by atoms with Crippen molar-refractivity contribution >= 4 is 16.7 Å². The molecule has 23 heavy (non-hydrogen) atoms. The van der Waals surface area contributed by atoms with Crippen LogP contribution in [0.25, 0.3) is 10.9 Å². The highest BCUT2D eigenvalue weighted by Gasteiger charge is 2.22. The largest absolute Gasteiger partial charge is 0.307 e. The van der Waals surface area contributed by atoms with E-state index >= 15 is 0 Å². The summed E-state index contributed by atoms with van der Waals surface area (Å²) in [5, 5.41) is 10.1. The second kappa shape index (κ2) is 5.90. The van der Waals surface area contributed by atoms with Gasteiger partial charge in [-0.3, -0.25) is 9.59 Å². The van der Waals surface area contributed by atoms with E-state index in [1.807, 2.05) is 25.1 Å². The summed E-state index contributed by atoms with van der Waals surface area (Å²) in [6.07, 6.45) is 0. The van der Waals surface area contributed by atoms with Gasteiger partial charge in [0, 0.05) is 17.5 Å². The summed E-state index contributed by atoms with van der Waals surface area (Å²) in [5.74, 6) is -0.307. The quantitative estimate of drug-likeness (QED) is 0.698. The van der Waals surface area contributed by atoms with Crippen molar-refractivity contribution in [3.63, 3.8) is 0 Å². The Bertz CT molecular complexity index is 996. The molecule has 3 rings (SSSR count). The standard InChI is InChI=1S/C19H14N2O2/c1-2-21-16-11-7-6-10-14(16)17(15(12-20)19(21)23)18(22)13-8-4-3-5-9-13/h3-11H,2H2,1H3. The lowest BCUT2D eigenvalue weighted by molar-refractivity contribution is 0.104. The number of carbonyl (C=O) groups is 1. The van der Waals surface area contributed by atoms with Crippen LogP contribution in [0, 0.1) is 11.3 Å². The van der Waals surface area contributed by atoms with E-state index in [4.69, 9.17) is 0 Å². The number of nitriles is 1. The topological polar surface area (TPSA) is 62.9 Å². The van der Waals surface area contributed by atoms with E-state index < -0.39 is 5.56 Å². The summed E-state index contributed by atoms with van der Waals surface area (Å²) in [6.45, 7) is 2.28. The van der Waals surface area contributed by atoms with E-state index in [0.717, 1.165) is 0 Å². The normalized spacial score (nSPS) is 10.4. The number of rotatable bonds is 3. The number of aryl methyl sites for hydroxylation is 1. The van der Waals surface area contributed by atoms with Gasteiger partial charge in [0.25, 0.3) is 5.56 Å². The van der Waals surface area contributed by atoms with Crippen molar-refractivity contribution in [1.82, 2.24) is 4.57 Å². The van der Waals surface area contributed by atoms with Crippen LogP contribution < -0.4 is 5.56 Å². The summed E-state index contributed by atoms with van der Waals surface area (Å²) < 4.78 is 1.52. The third kappa shape index (κ3) is 2.33. The first-order chi connectivity index (χ1) is 11.2. The lowest BCUT2D eigenvalue weighted by atomic mass is 9.95. The van der Waals surface area contributed by atoms with Gasteiger partial charge in [-0.2, -0.15) is 5.26 Å². The van der Waals surface area contributed by atoms with Crippen LogP contribution in [0.1, 0.15) is 28.4 Å². The van der Waals surface area contributed by atoms with Gasteiger partial charge in [0.2, 0.25) is 0 Å². The van der Waals surface area contributed by atoms with Crippen LogP contribution in [0.2, 0.25) is 0 Å². The van der Waals surface area contributed by atoms with Crippen molar-refractivity contribution in [1.29, 1.82) is 5.26 Å². The minimum Gasteiger partial charge on any atom is -0.307 e. The zero-order chi connectivity index (χ0) is 16.4. The van der Waals surface area contributed by atoms with Crippen LogP contribution in [-0.2, 0) is 6.54 Å². The molecular formula is C19H14N2O2. The summed E-state index contributed by atoms with van der Waals surface area (Å²) in [5.41, 5.74) is 0.789. The van der Waals surface area contributed by atoms with Crippen LogP contribution in [0.4, 0.5) is 0 Å². The molecule has 0 amide bonds. The second-order valence-corrected chi connectivity index (χ2v) is 5.12. The number of aromatic nitrogens is 1. The Balaban J connectivity index is 2.44. The van der Waals surface area contributed by atoms with Crippen molar-refractivity contribution in [3.05, 3.63) is 81.6 Å². The molecule has 0 radical (unpaired) electrons. The van der Waals surface area contributed by atoms with Gasteiger partial charge in [-0.15, -0.1) is 0 Å². The maximum atomic E-state index is 12.9. The third-order valence-corrected chi connectivity index (χ3v) is 3.86. The van der Waals surface area contributed by atoms with Gasteiger partial charge in [-0.1, -0.05) is 48.5 Å². The zero-order valence-corrected chi connectivity index (χ0v) is 12.6. The number of hydrogen-bond donors (Lipinski definition) is 0. The molecule has 0 unspecified atom stereocenters. The van der Waals surface area contributed by atoms with Gasteiger partial charge in [0.05, 0.1) is 11.1 Å². The molecule has 0 saturated heterocycles. The summed E-state index contributed by atoms with van der Waals surface area (Å²) in [6, 6.07) is 17.8. The highest BCUT2D eigenvalue weighted by Crippen LogP contribution is 2.23. The van der Waals surface area contributed by atoms with E-state index in [1.165, 1.54) is 4.57 Å². The van der Waals surface area contributed by atoms with Crippen molar-refractivity contribution in [3.8, 4) is 6.07 Å². The first-order valence-electron chi connectivity index (χ1n) is 7.34. The minimum absolute atomic E-state index is 0.0978. The van der Waals surface area contributed by atoms with E-state index in [-0.39, 0.29) is 16.9 Å². The van der Waals surface area contributed by atoms with Crippen molar-refractivity contribution in [2.45, 2.75) is 13.5 Å². The molecule has 0 saturated carbocycles. The molecule has 0 atom stereocenters. The molecule has 2 aromatic carbocycles. The lowest BCUT2D eigenvalue weighted by Gasteiger charge is -2.13. The number of fused-ring (bicyclic) bond motifs is 1. The summed E-state index contributed by atoms with van der Waals surface area (Å²) in [4.78, 5) is 25.5. The Hall–Kier alpha value is -3.19. The SMILES string of the molecule is CCn1c(=O)c(C#N)c(C(=O)c2ccccc2)c2ccccc21. The lowest BCUT2D eigenvalue weighted by Crippen LogP contribution is -2.26. The van der Waals surface area contributed by atoms with Crippen LogP contribution in [0.5, 0.6) is 0 Å². The first-order valence-corrected chi connectivity index (χ1v) is 7.34. The molecule has 0 spiro atoms. The Kier molecular flexibility index (Phi) is 3.78. The van der Waals surface area contributed by atoms with Gasteiger partial charge in [-0.05, 0) is 13.0 Å². The fraction of sp³-hybridized carbons (Fsp3) is 0.105. The number of ketones is 1. The number of pyridine rings is 1. The Morgan fingerprint density at radius 2 is 1.74 bits per heavy atom. The number of benzene rings is 2. The molecule has 4 heteroatoms. The third-order valence-electron chi connectivity index (χ3n) is 3.86. The Morgan fingerprint density at radius 1 is 1.09 bits per heavy atom. The highest BCUT2D eigenvalue weighted by atomic mass is 16.1. The van der Waals surface area contributed by atoms with Gasteiger partial charge in [0.15, 0.2) is 5.78 Å². The highest BCUT2D eigenvalue weighted by molar-refractivity contribution is 6.17. The monoisotopic (exact) mass is 302 g/mol. The second-order valence-electron chi connectivity index (χ2n) is 5.12. The molecular weight excluding hydrogens is 288 g/mol. The van der Waals surface area contributed by atoms with Crippen LogP contribution >= 0.6 is 0 Å². The fourth-order valence-electron chi connectivity index (χ4n) is 2.79. The van der Waals surface area contributed by atoms with E-state index in [9.17, 15) is 14.9 Å². The molecule has 0 aliphatic rings. The predicted molar refractivity (Wildman–Crippen MR) is 88.5 cm³/mol. The van der Waals surface area contributed by atoms with E-state index in [2.05, 4.69) is 0 Å². The van der Waals surface area contributed by atoms with E-state index in [1.54, 1.807) is 42.5 Å². The number of nitrogens with zero attached hydrogens (tertiary/aromatic N) is 2. The van der Waals surface area contributed by atoms with Crippen LogP contribution in [0.3, 0.4) is 0 Å². The zero-order valence-electron chi connectivity index (χ0n) is 12.6. The van der Waals surface area contributed by atoms with Gasteiger partial charge in [-0.25, -0.2) is 0 Å². The number of hydrogen-bond acceptors (Lipinski definition) is 3. The number of para-hydroxylation sites is 1. The molecule has 0 bridgehead atoms. The molecule has 3 aromatic rings. The van der Waals surface area contributed by atoms with Crippen molar-refractivity contribution < 1.29 is 4.79 Å². The maximum Gasteiger partial charge on any atom is 0.269 e. The Morgan fingerprint density at radius 3 is 2.39 bits per heavy atom. The van der Waals surface area contributed by atoms with E-state index in [0.29, 0.717) is 23.0 Å². The predicted octanol–water partition coefficient (Wildman–Crippen LogP) is 3.12. The Labute approximate surface area is 133 Å². The summed E-state index contributed by atoms with van der Waals surface area (Å²) >= 11 is 0. The van der Waals surface area contributed by atoms with Gasteiger partial charge in [0.1, 0.15) is 11.6 Å².